The first-order valence-electron chi connectivity index (χ1n) is 6.78. The summed E-state index contributed by atoms with van der Waals surface area (Å²) in [6.07, 6.45) is 5.04. The van der Waals surface area contributed by atoms with Crippen LogP contribution in [0, 0.1) is 6.92 Å². The number of hydrogen-bond acceptors (Lipinski definition) is 4. The van der Waals surface area contributed by atoms with Crippen molar-refractivity contribution in [1.82, 2.24) is 14.6 Å². The molecule has 2 aromatic heterocycles. The summed E-state index contributed by atoms with van der Waals surface area (Å²) < 4.78 is 27.3. The van der Waals surface area contributed by atoms with Gasteiger partial charge in [-0.1, -0.05) is 30.3 Å². The van der Waals surface area contributed by atoms with Gasteiger partial charge in [0.1, 0.15) is 0 Å². The maximum atomic E-state index is 11.6. The van der Waals surface area contributed by atoms with Gasteiger partial charge in [0.05, 0.1) is 6.26 Å². The van der Waals surface area contributed by atoms with E-state index in [2.05, 4.69) is 14.8 Å². The molecule has 0 saturated carbocycles. The molecule has 2 heterocycles. The number of nitrogens with zero attached hydrogens (tertiary/aromatic N) is 3. The van der Waals surface area contributed by atoms with Gasteiger partial charge in [-0.05, 0) is 12.5 Å². The van der Waals surface area contributed by atoms with Crippen LogP contribution in [0.5, 0.6) is 0 Å². The fraction of sp³-hybridized carbons (Fsp3) is 0.200. The van der Waals surface area contributed by atoms with Crippen LogP contribution < -0.4 is 4.72 Å². The Labute approximate surface area is 128 Å². The highest BCUT2D eigenvalue weighted by Gasteiger charge is 2.16. The van der Waals surface area contributed by atoms with Crippen LogP contribution in [0.2, 0.25) is 0 Å². The first-order chi connectivity index (χ1) is 10.4. The van der Waals surface area contributed by atoms with Gasteiger partial charge in [-0.2, -0.15) is 0 Å². The van der Waals surface area contributed by atoms with Crippen LogP contribution >= 0.6 is 0 Å². The zero-order valence-electron chi connectivity index (χ0n) is 12.3. The lowest BCUT2D eigenvalue weighted by Crippen LogP contribution is -2.15. The Morgan fingerprint density at radius 2 is 1.95 bits per heavy atom. The average molecular weight is 316 g/mol. The molecule has 7 heteroatoms. The van der Waals surface area contributed by atoms with E-state index >= 15 is 0 Å². The van der Waals surface area contributed by atoms with Crippen molar-refractivity contribution in [2.24, 2.45) is 0 Å². The summed E-state index contributed by atoms with van der Waals surface area (Å²) in [6.45, 7) is 1.93. The second-order valence-corrected chi connectivity index (χ2v) is 6.93. The highest BCUT2D eigenvalue weighted by molar-refractivity contribution is 7.92. The second-order valence-electron chi connectivity index (χ2n) is 5.18. The zero-order valence-corrected chi connectivity index (χ0v) is 13.1. The maximum Gasteiger partial charge on any atom is 0.231 e. The van der Waals surface area contributed by atoms with Crippen LogP contribution in [0.15, 0.2) is 42.7 Å². The highest BCUT2D eigenvalue weighted by atomic mass is 32.2. The number of fused-ring (bicyclic) bond motifs is 1. The molecule has 6 nitrogen and oxygen atoms in total. The number of rotatable bonds is 4. The van der Waals surface area contributed by atoms with Gasteiger partial charge in [-0.15, -0.1) is 5.10 Å². The van der Waals surface area contributed by atoms with E-state index in [1.165, 1.54) is 0 Å². The molecule has 0 fully saturated rings. The smallest absolute Gasteiger partial charge is 0.231 e. The summed E-state index contributed by atoms with van der Waals surface area (Å²) in [5.41, 5.74) is 3.55. The topological polar surface area (TPSA) is 76.4 Å². The van der Waals surface area contributed by atoms with Crippen LogP contribution in [0.1, 0.15) is 16.7 Å². The molecule has 0 aliphatic rings. The van der Waals surface area contributed by atoms with Gasteiger partial charge in [0.25, 0.3) is 0 Å². The van der Waals surface area contributed by atoms with Gasteiger partial charge >= 0.3 is 0 Å². The molecule has 0 saturated heterocycles. The standard InChI is InChI=1S/C15H16N4O2S/c1-11-13(10-12-6-4-3-5-7-12)14(18-22(2,20)21)17-19-9-8-16-15(11)19/h3-9H,10H2,1-2H3,(H,17,18). The minimum Gasteiger partial charge on any atom is -0.266 e. The van der Waals surface area contributed by atoms with E-state index in [4.69, 9.17) is 0 Å². The number of aryl methyl sites for hydroxylation is 1. The predicted molar refractivity (Wildman–Crippen MR) is 85.4 cm³/mol. The summed E-state index contributed by atoms with van der Waals surface area (Å²) >= 11 is 0. The lowest BCUT2D eigenvalue weighted by molar-refractivity contribution is 0.606. The fourth-order valence-corrected chi connectivity index (χ4v) is 2.92. The fourth-order valence-electron chi connectivity index (χ4n) is 2.40. The molecular formula is C15H16N4O2S. The minimum absolute atomic E-state index is 0.342. The van der Waals surface area contributed by atoms with Crippen LogP contribution in [-0.2, 0) is 16.4 Å². The second kappa shape index (κ2) is 5.42. The molecule has 3 aromatic rings. The van der Waals surface area contributed by atoms with Gasteiger partial charge in [0.2, 0.25) is 10.0 Å². The Balaban J connectivity index is 2.16. The van der Waals surface area contributed by atoms with Crippen molar-refractivity contribution in [3.63, 3.8) is 0 Å². The number of anilines is 1. The Kier molecular flexibility index (Phi) is 3.58. The summed E-state index contributed by atoms with van der Waals surface area (Å²) in [6, 6.07) is 9.85. The minimum atomic E-state index is -3.41. The van der Waals surface area contributed by atoms with E-state index < -0.39 is 10.0 Å². The first kappa shape index (κ1) is 14.5. The molecule has 0 amide bonds. The molecular weight excluding hydrogens is 300 g/mol. The number of imidazole rings is 1. The monoisotopic (exact) mass is 316 g/mol. The number of nitrogens with one attached hydrogen (secondary N) is 1. The van der Waals surface area contributed by atoms with E-state index in [1.807, 2.05) is 37.3 Å². The van der Waals surface area contributed by atoms with Crippen molar-refractivity contribution >= 4 is 21.5 Å². The molecule has 1 N–H and O–H groups in total. The normalized spacial score (nSPS) is 11.7. The number of sulfonamides is 1. The van der Waals surface area contributed by atoms with Gasteiger partial charge in [-0.25, -0.2) is 17.9 Å². The molecule has 0 bridgehead atoms. The van der Waals surface area contributed by atoms with Gasteiger partial charge in [-0.3, -0.25) is 4.72 Å². The van der Waals surface area contributed by atoms with Crippen molar-refractivity contribution in [1.29, 1.82) is 0 Å². The lowest BCUT2D eigenvalue weighted by Gasteiger charge is -2.13. The zero-order chi connectivity index (χ0) is 15.7. The van der Waals surface area contributed by atoms with Crippen molar-refractivity contribution in [2.45, 2.75) is 13.3 Å². The van der Waals surface area contributed by atoms with E-state index in [1.54, 1.807) is 16.9 Å². The van der Waals surface area contributed by atoms with Crippen molar-refractivity contribution in [2.75, 3.05) is 11.0 Å². The van der Waals surface area contributed by atoms with E-state index in [-0.39, 0.29) is 0 Å². The summed E-state index contributed by atoms with van der Waals surface area (Å²) in [5.74, 6) is 0.342. The van der Waals surface area contributed by atoms with E-state index in [0.29, 0.717) is 12.2 Å². The molecule has 0 radical (unpaired) electrons. The van der Waals surface area contributed by atoms with Gasteiger partial charge < -0.3 is 0 Å². The predicted octanol–water partition coefficient (Wildman–Crippen LogP) is 2.00. The molecule has 1 aromatic carbocycles. The van der Waals surface area contributed by atoms with Crippen molar-refractivity contribution in [3.8, 4) is 0 Å². The summed E-state index contributed by atoms with van der Waals surface area (Å²) in [4.78, 5) is 4.28. The largest absolute Gasteiger partial charge is 0.266 e. The molecule has 0 aliphatic heterocycles. The number of hydrogen-bond donors (Lipinski definition) is 1. The molecule has 0 unspecified atom stereocenters. The highest BCUT2D eigenvalue weighted by Crippen LogP contribution is 2.24. The van der Waals surface area contributed by atoms with Crippen LogP contribution in [0.3, 0.4) is 0 Å². The van der Waals surface area contributed by atoms with Crippen LogP contribution in [0.25, 0.3) is 5.65 Å². The lowest BCUT2D eigenvalue weighted by atomic mass is 10.0. The Morgan fingerprint density at radius 1 is 1.23 bits per heavy atom. The molecule has 22 heavy (non-hydrogen) atoms. The third-order valence-electron chi connectivity index (χ3n) is 3.41. The Bertz CT molecular complexity index is 917. The first-order valence-corrected chi connectivity index (χ1v) is 8.68. The Morgan fingerprint density at radius 3 is 2.64 bits per heavy atom. The molecule has 114 valence electrons. The quantitative estimate of drug-likeness (QED) is 0.799. The van der Waals surface area contributed by atoms with Crippen molar-refractivity contribution < 1.29 is 8.42 Å². The molecule has 0 aliphatic carbocycles. The number of benzene rings is 1. The summed E-state index contributed by atoms with van der Waals surface area (Å²) in [5, 5.41) is 4.34. The maximum absolute atomic E-state index is 11.6. The van der Waals surface area contributed by atoms with E-state index in [9.17, 15) is 8.42 Å². The third kappa shape index (κ3) is 2.94. The Hall–Kier alpha value is -2.41. The van der Waals surface area contributed by atoms with Crippen LogP contribution in [0.4, 0.5) is 5.82 Å². The van der Waals surface area contributed by atoms with Crippen LogP contribution in [-0.4, -0.2) is 29.3 Å². The SMILES string of the molecule is Cc1c(Cc2ccccc2)c(NS(C)(=O)=O)nn2ccnc12. The third-order valence-corrected chi connectivity index (χ3v) is 3.97. The van der Waals surface area contributed by atoms with Gasteiger partial charge in [0.15, 0.2) is 11.5 Å². The van der Waals surface area contributed by atoms with Crippen molar-refractivity contribution in [3.05, 3.63) is 59.4 Å². The summed E-state index contributed by atoms with van der Waals surface area (Å²) in [7, 11) is -3.41. The number of aromatic nitrogens is 3. The molecule has 0 atom stereocenters. The molecule has 3 rings (SSSR count). The van der Waals surface area contributed by atoms with Gasteiger partial charge in [0, 0.05) is 29.9 Å². The molecule has 0 spiro atoms. The van der Waals surface area contributed by atoms with E-state index in [0.717, 1.165) is 28.6 Å². The average Bonchev–Trinajstić information content (AvgIpc) is 2.91.